The molecule has 0 aliphatic carbocycles. The summed E-state index contributed by atoms with van der Waals surface area (Å²) in [6.07, 6.45) is 1.35. The van der Waals surface area contributed by atoms with Crippen LogP contribution in [0.15, 0.2) is 77.7 Å². The smallest absolute Gasteiger partial charge is 0.204 e. The van der Waals surface area contributed by atoms with Crippen LogP contribution in [0.2, 0.25) is 10.0 Å². The normalized spacial score (nSPS) is 11.9. The van der Waals surface area contributed by atoms with E-state index in [1.54, 1.807) is 60.7 Å². The van der Waals surface area contributed by atoms with E-state index in [0.717, 1.165) is 0 Å². The van der Waals surface area contributed by atoms with E-state index in [0.29, 0.717) is 26.9 Å². The fraction of sp³-hybridized carbons (Fsp3) is 0.0870. The molecule has 0 N–H and O–H groups in total. The number of para-hydroxylation sites is 1. The van der Waals surface area contributed by atoms with Gasteiger partial charge in [-0.15, -0.1) is 0 Å². The fourth-order valence-electron chi connectivity index (χ4n) is 2.84. The number of hydrogen-bond donors (Lipinski definition) is 0. The Labute approximate surface area is 185 Å². The van der Waals surface area contributed by atoms with Gasteiger partial charge in [0.2, 0.25) is 5.78 Å². The highest BCUT2D eigenvalue weighted by atomic mass is 35.5. The van der Waals surface area contributed by atoms with E-state index in [1.807, 2.05) is 0 Å². The number of rotatable bonds is 7. The Morgan fingerprint density at radius 2 is 1.47 bits per heavy atom. The predicted molar refractivity (Wildman–Crippen MR) is 121 cm³/mol. The molecular weight excluding hydrogens is 443 g/mol. The van der Waals surface area contributed by atoms with Crippen molar-refractivity contribution in [3.8, 4) is 5.75 Å². The van der Waals surface area contributed by atoms with E-state index in [2.05, 4.69) is 0 Å². The standard InChI is InChI=1S/C23H18Cl2O4S/c1-29-21-5-3-2-4-18(21)14-22(23(26)17-8-12-20(25)13-9-17)30(27,28)15-16-6-10-19(24)11-7-16/h2-14H,15H2,1H3/b22-14-. The molecule has 3 rings (SSSR count). The van der Waals surface area contributed by atoms with Crippen LogP contribution < -0.4 is 4.74 Å². The zero-order valence-electron chi connectivity index (χ0n) is 16.0. The van der Waals surface area contributed by atoms with Crippen molar-refractivity contribution in [1.82, 2.24) is 0 Å². The Balaban J connectivity index is 2.10. The second-order valence-electron chi connectivity index (χ2n) is 6.47. The first-order valence-electron chi connectivity index (χ1n) is 8.92. The van der Waals surface area contributed by atoms with Gasteiger partial charge < -0.3 is 4.74 Å². The Bertz CT molecular complexity index is 1180. The van der Waals surface area contributed by atoms with Gasteiger partial charge in [-0.2, -0.15) is 0 Å². The van der Waals surface area contributed by atoms with Crippen molar-refractivity contribution in [2.75, 3.05) is 7.11 Å². The summed E-state index contributed by atoms with van der Waals surface area (Å²) in [6.45, 7) is 0. The number of carbonyl (C=O) groups is 1. The summed E-state index contributed by atoms with van der Waals surface area (Å²) >= 11 is 11.8. The van der Waals surface area contributed by atoms with Gasteiger partial charge in [-0.05, 0) is 54.1 Å². The summed E-state index contributed by atoms with van der Waals surface area (Å²) in [5.41, 5.74) is 1.23. The molecule has 3 aromatic rings. The van der Waals surface area contributed by atoms with Gasteiger partial charge in [-0.3, -0.25) is 4.79 Å². The molecule has 3 aromatic carbocycles. The van der Waals surface area contributed by atoms with Crippen molar-refractivity contribution in [2.24, 2.45) is 0 Å². The van der Waals surface area contributed by atoms with E-state index < -0.39 is 15.6 Å². The number of ether oxygens (including phenoxy) is 1. The van der Waals surface area contributed by atoms with Gasteiger partial charge in [-0.25, -0.2) is 8.42 Å². The average molecular weight is 461 g/mol. The number of ketones is 1. The van der Waals surface area contributed by atoms with Crippen LogP contribution >= 0.6 is 23.2 Å². The zero-order valence-corrected chi connectivity index (χ0v) is 18.3. The van der Waals surface area contributed by atoms with Crippen LogP contribution in [0.3, 0.4) is 0 Å². The molecule has 30 heavy (non-hydrogen) atoms. The zero-order chi connectivity index (χ0) is 21.7. The van der Waals surface area contributed by atoms with Gasteiger partial charge in [0.15, 0.2) is 9.84 Å². The number of benzene rings is 3. The molecule has 7 heteroatoms. The van der Waals surface area contributed by atoms with Crippen molar-refractivity contribution >= 4 is 44.9 Å². The van der Waals surface area contributed by atoms with Crippen molar-refractivity contribution < 1.29 is 17.9 Å². The first-order chi connectivity index (χ1) is 14.3. The molecule has 0 fully saturated rings. The lowest BCUT2D eigenvalue weighted by molar-refractivity contribution is 0.104. The molecule has 0 aliphatic heterocycles. The SMILES string of the molecule is COc1ccccc1/C=C(/C(=O)c1ccc(Cl)cc1)S(=O)(=O)Cc1ccc(Cl)cc1. The van der Waals surface area contributed by atoms with Crippen LogP contribution in [-0.4, -0.2) is 21.3 Å². The summed E-state index contributed by atoms with van der Waals surface area (Å²) in [7, 11) is -2.51. The Hall–Kier alpha value is -2.60. The van der Waals surface area contributed by atoms with Crippen molar-refractivity contribution in [3.05, 3.63) is 104 Å². The predicted octanol–water partition coefficient (Wildman–Crippen LogP) is 5.84. The van der Waals surface area contributed by atoms with Gasteiger partial charge in [0.05, 0.1) is 12.9 Å². The molecular formula is C23H18Cl2O4S. The number of methoxy groups -OCH3 is 1. The molecule has 0 unspecified atom stereocenters. The largest absolute Gasteiger partial charge is 0.496 e. The first-order valence-corrected chi connectivity index (χ1v) is 11.3. The van der Waals surface area contributed by atoms with Crippen LogP contribution in [0.5, 0.6) is 5.75 Å². The maximum Gasteiger partial charge on any atom is 0.204 e. The number of carbonyl (C=O) groups excluding carboxylic acids is 1. The third kappa shape index (κ3) is 5.30. The number of sulfone groups is 1. The molecule has 0 saturated carbocycles. The van der Waals surface area contributed by atoms with Crippen molar-refractivity contribution in [3.63, 3.8) is 0 Å². The van der Waals surface area contributed by atoms with E-state index in [4.69, 9.17) is 27.9 Å². The maximum absolute atomic E-state index is 13.3. The maximum atomic E-state index is 13.3. The van der Waals surface area contributed by atoms with E-state index in [9.17, 15) is 13.2 Å². The van der Waals surface area contributed by atoms with Gasteiger partial charge >= 0.3 is 0 Å². The third-order valence-corrected chi connectivity index (χ3v) is 6.55. The highest BCUT2D eigenvalue weighted by Crippen LogP contribution is 2.27. The third-order valence-electron chi connectivity index (χ3n) is 4.36. The molecule has 0 heterocycles. The van der Waals surface area contributed by atoms with Crippen LogP contribution in [0.4, 0.5) is 0 Å². The van der Waals surface area contributed by atoms with Crippen LogP contribution in [0, 0.1) is 0 Å². The Morgan fingerprint density at radius 1 is 0.900 bits per heavy atom. The van der Waals surface area contributed by atoms with Crippen LogP contribution in [0.1, 0.15) is 21.5 Å². The summed E-state index contributed by atoms with van der Waals surface area (Å²) in [5.74, 6) is -0.503. The molecule has 0 amide bonds. The minimum Gasteiger partial charge on any atom is -0.496 e. The second kappa shape index (κ2) is 9.47. The number of halogens is 2. The van der Waals surface area contributed by atoms with Gasteiger partial charge in [0, 0.05) is 21.2 Å². The quantitative estimate of drug-likeness (QED) is 0.328. The first kappa shape index (κ1) is 22.1. The lowest BCUT2D eigenvalue weighted by Gasteiger charge is -2.11. The fourth-order valence-corrected chi connectivity index (χ4v) is 4.59. The average Bonchev–Trinajstić information content (AvgIpc) is 2.73. The molecule has 154 valence electrons. The molecule has 0 aliphatic rings. The van der Waals surface area contributed by atoms with Crippen LogP contribution in [-0.2, 0) is 15.6 Å². The highest BCUT2D eigenvalue weighted by Gasteiger charge is 2.27. The van der Waals surface area contributed by atoms with E-state index >= 15 is 0 Å². The molecule has 0 saturated heterocycles. The second-order valence-corrected chi connectivity index (χ2v) is 9.30. The Morgan fingerprint density at radius 3 is 2.07 bits per heavy atom. The van der Waals surface area contributed by atoms with E-state index in [1.165, 1.54) is 25.3 Å². The van der Waals surface area contributed by atoms with Crippen LogP contribution in [0.25, 0.3) is 6.08 Å². The molecule has 0 spiro atoms. The van der Waals surface area contributed by atoms with Gasteiger partial charge in [0.1, 0.15) is 10.7 Å². The summed E-state index contributed by atoms with van der Waals surface area (Å²) in [4.78, 5) is 12.9. The molecule has 0 bridgehead atoms. The lowest BCUT2D eigenvalue weighted by Crippen LogP contribution is -2.16. The number of Topliss-reactive ketones (excluding diaryl/α,β-unsaturated/α-hetero) is 1. The van der Waals surface area contributed by atoms with Gasteiger partial charge in [-0.1, -0.05) is 53.5 Å². The molecule has 0 radical (unpaired) electrons. The lowest BCUT2D eigenvalue weighted by atomic mass is 10.1. The molecule has 0 atom stereocenters. The number of allylic oxidation sites excluding steroid dienone is 1. The minimum atomic E-state index is -3.99. The monoisotopic (exact) mass is 460 g/mol. The molecule has 4 nitrogen and oxygen atoms in total. The van der Waals surface area contributed by atoms with Crippen molar-refractivity contribution in [2.45, 2.75) is 5.75 Å². The topological polar surface area (TPSA) is 60.4 Å². The van der Waals surface area contributed by atoms with Gasteiger partial charge in [0.25, 0.3) is 0 Å². The Kier molecular flexibility index (Phi) is 6.98. The highest BCUT2D eigenvalue weighted by molar-refractivity contribution is 7.95. The minimum absolute atomic E-state index is 0.222. The van der Waals surface area contributed by atoms with E-state index in [-0.39, 0.29) is 16.2 Å². The van der Waals surface area contributed by atoms with Crippen molar-refractivity contribution in [1.29, 1.82) is 0 Å². The number of hydrogen-bond acceptors (Lipinski definition) is 4. The summed E-state index contributed by atoms with van der Waals surface area (Å²) in [6, 6.07) is 19.4. The summed E-state index contributed by atoms with van der Waals surface area (Å²) < 4.78 is 31.9. The summed E-state index contributed by atoms with van der Waals surface area (Å²) in [5, 5.41) is 0.948. The molecule has 0 aromatic heterocycles.